The molecule has 19 heavy (non-hydrogen) atoms. The van der Waals surface area contributed by atoms with Gasteiger partial charge in [-0.25, -0.2) is 0 Å². The number of hydrogen-bond donors (Lipinski definition) is 0. The molecule has 0 spiro atoms. The normalized spacial score (nSPS) is 23.7. The Hall–Kier alpha value is -0.730. The molecule has 0 N–H and O–H groups in total. The van der Waals surface area contributed by atoms with Gasteiger partial charge in [0.15, 0.2) is 5.12 Å². The van der Waals surface area contributed by atoms with Crippen LogP contribution in [-0.4, -0.2) is 10.4 Å². The van der Waals surface area contributed by atoms with Gasteiger partial charge in [0, 0.05) is 17.2 Å². The van der Waals surface area contributed by atoms with Crippen LogP contribution in [0, 0.1) is 5.92 Å². The Balaban J connectivity index is 1.82. The first-order valence-corrected chi connectivity index (χ1v) is 8.00. The molecule has 1 nitrogen and oxygen atoms in total. The Labute approximate surface area is 124 Å². The average molecular weight is 295 g/mol. The zero-order valence-electron chi connectivity index (χ0n) is 11.1. The molecule has 2 rings (SSSR count). The van der Waals surface area contributed by atoms with Crippen molar-refractivity contribution in [1.29, 1.82) is 0 Å². The quantitative estimate of drug-likeness (QED) is 0.763. The van der Waals surface area contributed by atoms with Crippen LogP contribution in [0.2, 0.25) is 5.02 Å². The molecule has 0 amide bonds. The molecule has 1 fully saturated rings. The highest BCUT2D eigenvalue weighted by Gasteiger charge is 2.20. The van der Waals surface area contributed by atoms with Crippen LogP contribution in [0.4, 0.5) is 0 Å². The van der Waals surface area contributed by atoms with E-state index in [1.165, 1.54) is 30.2 Å². The fourth-order valence-corrected chi connectivity index (χ4v) is 3.56. The first-order valence-electron chi connectivity index (χ1n) is 6.74. The van der Waals surface area contributed by atoms with Crippen LogP contribution in [0.5, 0.6) is 0 Å². The van der Waals surface area contributed by atoms with E-state index in [0.29, 0.717) is 11.2 Å². The zero-order chi connectivity index (χ0) is 13.7. The summed E-state index contributed by atoms with van der Waals surface area (Å²) in [7, 11) is 0. The molecular weight excluding hydrogens is 276 g/mol. The fourth-order valence-electron chi connectivity index (χ4n) is 2.45. The maximum Gasteiger partial charge on any atom is 0.186 e. The van der Waals surface area contributed by atoms with Gasteiger partial charge in [-0.15, -0.1) is 0 Å². The average Bonchev–Trinajstić information content (AvgIpc) is 2.39. The van der Waals surface area contributed by atoms with E-state index in [9.17, 15) is 4.79 Å². The lowest BCUT2D eigenvalue weighted by Crippen LogP contribution is -2.15. The van der Waals surface area contributed by atoms with E-state index in [4.69, 9.17) is 11.6 Å². The number of carbonyl (C=O) groups excluding carboxylic acids is 1. The summed E-state index contributed by atoms with van der Waals surface area (Å²) in [6, 6.07) is 7.91. The summed E-state index contributed by atoms with van der Waals surface area (Å²) >= 11 is 7.38. The minimum atomic E-state index is 0.250. The highest BCUT2D eigenvalue weighted by atomic mass is 35.5. The smallest absolute Gasteiger partial charge is 0.186 e. The third-order valence-corrected chi connectivity index (χ3v) is 4.87. The van der Waals surface area contributed by atoms with Crippen LogP contribution in [0.15, 0.2) is 30.3 Å². The van der Waals surface area contributed by atoms with Crippen molar-refractivity contribution in [3.8, 4) is 0 Å². The van der Waals surface area contributed by atoms with Gasteiger partial charge in [0.2, 0.25) is 0 Å². The van der Waals surface area contributed by atoms with Crippen LogP contribution < -0.4 is 0 Å². The number of thioether (sulfide) groups is 1. The van der Waals surface area contributed by atoms with Gasteiger partial charge in [-0.1, -0.05) is 47.6 Å². The highest BCUT2D eigenvalue weighted by Crippen LogP contribution is 2.33. The zero-order valence-corrected chi connectivity index (χ0v) is 12.7. The Morgan fingerprint density at radius 3 is 2.42 bits per heavy atom. The van der Waals surface area contributed by atoms with Gasteiger partial charge in [-0.05, 0) is 49.3 Å². The van der Waals surface area contributed by atoms with E-state index in [0.717, 1.165) is 17.9 Å². The summed E-state index contributed by atoms with van der Waals surface area (Å²) in [6.07, 6.45) is 9.17. The lowest BCUT2D eigenvalue weighted by atomic mass is 9.88. The first kappa shape index (κ1) is 14.7. The maximum atomic E-state index is 11.1. The van der Waals surface area contributed by atoms with Crippen molar-refractivity contribution in [1.82, 2.24) is 0 Å². The van der Waals surface area contributed by atoms with E-state index < -0.39 is 0 Å². The third-order valence-electron chi connectivity index (χ3n) is 3.48. The van der Waals surface area contributed by atoms with Gasteiger partial charge in [0.1, 0.15) is 0 Å². The van der Waals surface area contributed by atoms with Gasteiger partial charge >= 0.3 is 0 Å². The highest BCUT2D eigenvalue weighted by molar-refractivity contribution is 8.14. The molecule has 0 radical (unpaired) electrons. The molecular formula is C16H19ClOS. The van der Waals surface area contributed by atoms with Gasteiger partial charge in [-0.2, -0.15) is 0 Å². The van der Waals surface area contributed by atoms with Crippen molar-refractivity contribution < 1.29 is 4.79 Å². The van der Waals surface area contributed by atoms with Crippen molar-refractivity contribution in [2.45, 2.75) is 37.9 Å². The van der Waals surface area contributed by atoms with E-state index in [1.54, 1.807) is 6.92 Å². The van der Waals surface area contributed by atoms with Crippen molar-refractivity contribution in [2.24, 2.45) is 5.92 Å². The standard InChI is InChI=1S/C16H19ClOS/c1-12(18)19-16-10-6-14(7-11-16)3-2-13-4-8-15(17)9-5-13/h2-5,8-9,14,16H,6-7,10-11H2,1H3/t14-,16-. The molecule has 102 valence electrons. The molecule has 0 aliphatic heterocycles. The fraction of sp³-hybridized carbons (Fsp3) is 0.438. The Bertz CT molecular complexity index is 444. The summed E-state index contributed by atoms with van der Waals surface area (Å²) < 4.78 is 0. The Kier molecular flexibility index (Phi) is 5.53. The number of benzene rings is 1. The first-order chi connectivity index (χ1) is 9.13. The van der Waals surface area contributed by atoms with Gasteiger partial charge in [-0.3, -0.25) is 4.79 Å². The molecule has 1 aromatic rings. The number of rotatable bonds is 3. The molecule has 1 saturated carbocycles. The van der Waals surface area contributed by atoms with Crippen LogP contribution in [0.25, 0.3) is 6.08 Å². The Morgan fingerprint density at radius 2 is 1.84 bits per heavy atom. The van der Waals surface area contributed by atoms with E-state index >= 15 is 0 Å². The summed E-state index contributed by atoms with van der Waals surface area (Å²) in [5.41, 5.74) is 1.20. The van der Waals surface area contributed by atoms with Crippen molar-refractivity contribution in [3.63, 3.8) is 0 Å². The second kappa shape index (κ2) is 7.16. The molecule has 0 saturated heterocycles. The van der Waals surface area contributed by atoms with E-state index in [2.05, 4.69) is 12.2 Å². The van der Waals surface area contributed by atoms with E-state index in [1.807, 2.05) is 24.3 Å². The minimum Gasteiger partial charge on any atom is -0.288 e. The molecule has 0 bridgehead atoms. The van der Waals surface area contributed by atoms with Crippen LogP contribution in [-0.2, 0) is 4.79 Å². The second-order valence-corrected chi connectivity index (χ2v) is 6.97. The molecule has 0 unspecified atom stereocenters. The third kappa shape index (κ3) is 5.04. The van der Waals surface area contributed by atoms with Gasteiger partial charge < -0.3 is 0 Å². The summed E-state index contributed by atoms with van der Waals surface area (Å²) in [5, 5.41) is 1.57. The van der Waals surface area contributed by atoms with Crippen molar-refractivity contribution >= 4 is 34.6 Å². The second-order valence-electron chi connectivity index (χ2n) is 5.06. The lowest BCUT2D eigenvalue weighted by molar-refractivity contribution is -0.109. The summed E-state index contributed by atoms with van der Waals surface area (Å²) in [5.74, 6) is 0.652. The molecule has 0 heterocycles. The molecule has 1 aromatic carbocycles. The van der Waals surface area contributed by atoms with Gasteiger partial charge in [0.05, 0.1) is 0 Å². The molecule has 3 heteroatoms. The minimum absolute atomic E-state index is 0.250. The molecule has 0 atom stereocenters. The SMILES string of the molecule is CC(=O)S[C@H]1CC[C@H](C=Cc2ccc(Cl)cc2)CC1. The Morgan fingerprint density at radius 1 is 1.21 bits per heavy atom. The lowest BCUT2D eigenvalue weighted by Gasteiger charge is -2.25. The van der Waals surface area contributed by atoms with Crippen molar-refractivity contribution in [3.05, 3.63) is 40.9 Å². The predicted molar refractivity (Wildman–Crippen MR) is 84.5 cm³/mol. The topological polar surface area (TPSA) is 17.1 Å². The van der Waals surface area contributed by atoms with Crippen LogP contribution in [0.3, 0.4) is 0 Å². The van der Waals surface area contributed by atoms with E-state index in [-0.39, 0.29) is 5.12 Å². The monoisotopic (exact) mass is 294 g/mol. The summed E-state index contributed by atoms with van der Waals surface area (Å²) in [6.45, 7) is 1.66. The van der Waals surface area contributed by atoms with Gasteiger partial charge in [0.25, 0.3) is 0 Å². The van der Waals surface area contributed by atoms with Crippen molar-refractivity contribution in [2.75, 3.05) is 0 Å². The number of allylic oxidation sites excluding steroid dienone is 1. The molecule has 1 aliphatic rings. The largest absolute Gasteiger partial charge is 0.288 e. The molecule has 0 aromatic heterocycles. The summed E-state index contributed by atoms with van der Waals surface area (Å²) in [4.78, 5) is 11.1. The number of hydrogen-bond acceptors (Lipinski definition) is 2. The van der Waals surface area contributed by atoms with Crippen LogP contribution in [0.1, 0.15) is 38.2 Å². The maximum absolute atomic E-state index is 11.1. The van der Waals surface area contributed by atoms with Crippen LogP contribution >= 0.6 is 23.4 Å². The number of halogens is 1. The predicted octanol–water partition coefficient (Wildman–Crippen LogP) is 5.19. The number of carbonyl (C=O) groups is 1. The molecule has 1 aliphatic carbocycles.